The van der Waals surface area contributed by atoms with Crippen LogP contribution in [0, 0.1) is 0 Å². The Morgan fingerprint density at radius 1 is 1.30 bits per heavy atom. The van der Waals surface area contributed by atoms with Crippen molar-refractivity contribution in [1.29, 1.82) is 0 Å². The molecular formula is C15H20N2O2S. The number of carbonyl (C=O) groups is 2. The van der Waals surface area contributed by atoms with Crippen molar-refractivity contribution in [3.8, 4) is 0 Å². The number of piperidine rings is 1. The molecule has 1 saturated heterocycles. The Morgan fingerprint density at radius 3 is 2.55 bits per heavy atom. The van der Waals surface area contributed by atoms with Gasteiger partial charge in [-0.3, -0.25) is 9.59 Å². The average molecular weight is 292 g/mol. The average Bonchev–Trinajstić information content (AvgIpc) is 2.47. The SMILES string of the molecule is CCC(=O)N1CCC(NC(=O)c2ccccc2S)CC1. The summed E-state index contributed by atoms with van der Waals surface area (Å²) in [5.74, 6) is 0.103. The molecule has 1 aromatic rings. The maximum absolute atomic E-state index is 12.2. The van der Waals surface area contributed by atoms with Crippen LogP contribution in [-0.2, 0) is 4.79 Å². The molecule has 108 valence electrons. The van der Waals surface area contributed by atoms with Crippen molar-refractivity contribution in [1.82, 2.24) is 10.2 Å². The van der Waals surface area contributed by atoms with Crippen LogP contribution in [0.4, 0.5) is 0 Å². The first-order valence-electron chi connectivity index (χ1n) is 6.98. The number of nitrogens with zero attached hydrogens (tertiary/aromatic N) is 1. The fraction of sp³-hybridized carbons (Fsp3) is 0.467. The highest BCUT2D eigenvalue weighted by Gasteiger charge is 2.23. The standard InChI is InChI=1S/C15H20N2O2S/c1-2-14(18)17-9-7-11(8-10-17)16-15(19)12-5-3-4-6-13(12)20/h3-6,11,20H,2,7-10H2,1H3,(H,16,19). The third-order valence-corrected chi connectivity index (χ3v) is 4.02. The van der Waals surface area contributed by atoms with E-state index in [-0.39, 0.29) is 17.9 Å². The minimum Gasteiger partial charge on any atom is -0.349 e. The van der Waals surface area contributed by atoms with E-state index in [0.29, 0.717) is 16.9 Å². The third kappa shape index (κ3) is 3.54. The van der Waals surface area contributed by atoms with Crippen LogP contribution in [0.15, 0.2) is 29.2 Å². The molecule has 1 fully saturated rings. The molecule has 0 saturated carbocycles. The highest BCUT2D eigenvalue weighted by atomic mass is 32.1. The van der Waals surface area contributed by atoms with Crippen molar-refractivity contribution in [3.05, 3.63) is 29.8 Å². The largest absolute Gasteiger partial charge is 0.349 e. The van der Waals surface area contributed by atoms with Crippen LogP contribution in [0.3, 0.4) is 0 Å². The van der Waals surface area contributed by atoms with Crippen LogP contribution < -0.4 is 5.32 Å². The summed E-state index contributed by atoms with van der Waals surface area (Å²) in [5, 5.41) is 3.03. The van der Waals surface area contributed by atoms with Gasteiger partial charge in [0.15, 0.2) is 0 Å². The van der Waals surface area contributed by atoms with Gasteiger partial charge in [0.2, 0.25) is 5.91 Å². The Hall–Kier alpha value is -1.49. The van der Waals surface area contributed by atoms with E-state index >= 15 is 0 Å². The molecule has 0 aliphatic carbocycles. The molecule has 0 bridgehead atoms. The van der Waals surface area contributed by atoms with Crippen molar-refractivity contribution in [2.24, 2.45) is 0 Å². The Balaban J connectivity index is 1.88. The number of amides is 2. The van der Waals surface area contributed by atoms with Gasteiger partial charge in [0.05, 0.1) is 5.56 Å². The third-order valence-electron chi connectivity index (χ3n) is 3.63. The number of hydrogen-bond donors (Lipinski definition) is 2. The van der Waals surface area contributed by atoms with Gasteiger partial charge in [-0.05, 0) is 25.0 Å². The van der Waals surface area contributed by atoms with Crippen molar-refractivity contribution < 1.29 is 9.59 Å². The summed E-state index contributed by atoms with van der Waals surface area (Å²) in [6, 6.07) is 7.40. The summed E-state index contributed by atoms with van der Waals surface area (Å²) in [7, 11) is 0. The van der Waals surface area contributed by atoms with Gasteiger partial charge in [0.1, 0.15) is 0 Å². The highest BCUT2D eigenvalue weighted by Crippen LogP contribution is 2.15. The molecule has 4 nitrogen and oxygen atoms in total. The summed E-state index contributed by atoms with van der Waals surface area (Å²) in [6.07, 6.45) is 2.17. The van der Waals surface area contributed by atoms with E-state index in [9.17, 15) is 9.59 Å². The summed E-state index contributed by atoms with van der Waals surface area (Å²) < 4.78 is 0. The van der Waals surface area contributed by atoms with Crippen LogP contribution >= 0.6 is 12.6 Å². The van der Waals surface area contributed by atoms with Gasteiger partial charge in [-0.25, -0.2) is 0 Å². The van der Waals surface area contributed by atoms with Crippen LogP contribution in [0.1, 0.15) is 36.5 Å². The lowest BCUT2D eigenvalue weighted by molar-refractivity contribution is -0.131. The Bertz CT molecular complexity index is 496. The van der Waals surface area contributed by atoms with Crippen LogP contribution in [0.5, 0.6) is 0 Å². The smallest absolute Gasteiger partial charge is 0.252 e. The maximum Gasteiger partial charge on any atom is 0.252 e. The molecule has 0 atom stereocenters. The fourth-order valence-electron chi connectivity index (χ4n) is 2.43. The number of thiol groups is 1. The van der Waals surface area contributed by atoms with Crippen LogP contribution in [0.2, 0.25) is 0 Å². The molecule has 0 spiro atoms. The Labute approximate surface area is 124 Å². The number of carbonyl (C=O) groups excluding carboxylic acids is 2. The summed E-state index contributed by atoms with van der Waals surface area (Å²) >= 11 is 4.30. The highest BCUT2D eigenvalue weighted by molar-refractivity contribution is 7.80. The molecule has 2 amide bonds. The second-order valence-electron chi connectivity index (χ2n) is 5.00. The molecule has 1 aliphatic rings. The zero-order chi connectivity index (χ0) is 14.5. The quantitative estimate of drug-likeness (QED) is 0.838. The lowest BCUT2D eigenvalue weighted by Crippen LogP contribution is -2.46. The first-order valence-corrected chi connectivity index (χ1v) is 7.43. The summed E-state index contributed by atoms with van der Waals surface area (Å²) in [6.45, 7) is 3.32. The predicted octanol–water partition coefficient (Wildman–Crippen LogP) is 2.11. The fourth-order valence-corrected chi connectivity index (χ4v) is 2.69. The number of likely N-dealkylation sites (tertiary alicyclic amines) is 1. The van der Waals surface area contributed by atoms with Gasteiger partial charge in [-0.1, -0.05) is 19.1 Å². The first-order chi connectivity index (χ1) is 9.61. The molecule has 20 heavy (non-hydrogen) atoms. The second kappa shape index (κ2) is 6.79. The van der Waals surface area contributed by atoms with Gasteiger partial charge >= 0.3 is 0 Å². The minimum absolute atomic E-state index is 0.0872. The number of benzene rings is 1. The normalized spacial score (nSPS) is 16.0. The molecule has 1 aromatic carbocycles. The number of hydrogen-bond acceptors (Lipinski definition) is 3. The van der Waals surface area contributed by atoms with E-state index < -0.39 is 0 Å². The van der Waals surface area contributed by atoms with Gasteiger partial charge in [0, 0.05) is 30.4 Å². The number of nitrogens with one attached hydrogen (secondary N) is 1. The lowest BCUT2D eigenvalue weighted by atomic mass is 10.0. The molecule has 1 heterocycles. The van der Waals surface area contributed by atoms with Gasteiger partial charge in [0.25, 0.3) is 5.91 Å². The molecule has 1 aliphatic heterocycles. The van der Waals surface area contributed by atoms with E-state index in [1.807, 2.05) is 24.0 Å². The van der Waals surface area contributed by atoms with E-state index in [4.69, 9.17) is 0 Å². The predicted molar refractivity (Wildman–Crippen MR) is 81.1 cm³/mol. The molecule has 0 unspecified atom stereocenters. The van der Waals surface area contributed by atoms with E-state index in [2.05, 4.69) is 17.9 Å². The van der Waals surface area contributed by atoms with E-state index in [1.54, 1.807) is 12.1 Å². The van der Waals surface area contributed by atoms with Crippen molar-refractivity contribution >= 4 is 24.4 Å². The maximum atomic E-state index is 12.2. The lowest BCUT2D eigenvalue weighted by Gasteiger charge is -2.32. The van der Waals surface area contributed by atoms with Crippen LogP contribution in [0.25, 0.3) is 0 Å². The summed E-state index contributed by atoms with van der Waals surface area (Å²) in [5.41, 5.74) is 0.600. The molecule has 0 aromatic heterocycles. The van der Waals surface area contributed by atoms with E-state index in [1.165, 1.54) is 0 Å². The zero-order valence-electron chi connectivity index (χ0n) is 11.6. The molecule has 2 rings (SSSR count). The second-order valence-corrected chi connectivity index (χ2v) is 5.48. The Kier molecular flexibility index (Phi) is 5.06. The molecule has 5 heteroatoms. The van der Waals surface area contributed by atoms with Crippen molar-refractivity contribution in [2.75, 3.05) is 13.1 Å². The molecule has 1 N–H and O–H groups in total. The van der Waals surface area contributed by atoms with Gasteiger partial charge in [-0.2, -0.15) is 0 Å². The van der Waals surface area contributed by atoms with Crippen molar-refractivity contribution in [3.63, 3.8) is 0 Å². The molecule has 0 radical (unpaired) electrons. The van der Waals surface area contributed by atoms with Crippen LogP contribution in [-0.4, -0.2) is 35.8 Å². The zero-order valence-corrected chi connectivity index (χ0v) is 12.5. The first kappa shape index (κ1) is 14.9. The monoisotopic (exact) mass is 292 g/mol. The number of rotatable bonds is 3. The van der Waals surface area contributed by atoms with Gasteiger partial charge in [-0.15, -0.1) is 12.6 Å². The van der Waals surface area contributed by atoms with Crippen molar-refractivity contribution in [2.45, 2.75) is 37.1 Å². The van der Waals surface area contributed by atoms with Gasteiger partial charge < -0.3 is 10.2 Å². The van der Waals surface area contributed by atoms with E-state index in [0.717, 1.165) is 25.9 Å². The summed E-state index contributed by atoms with van der Waals surface area (Å²) in [4.78, 5) is 26.3. The molecular weight excluding hydrogens is 272 g/mol. The Morgan fingerprint density at radius 2 is 1.95 bits per heavy atom. The minimum atomic E-state index is -0.0872. The topological polar surface area (TPSA) is 49.4 Å².